The zero-order valence-corrected chi connectivity index (χ0v) is 13.8. The highest BCUT2D eigenvalue weighted by atomic mass is 35.5. The Bertz CT molecular complexity index is 750. The number of carboxylic acids is 1. The lowest BCUT2D eigenvalue weighted by Gasteiger charge is -2.09. The molecule has 0 unspecified atom stereocenters. The Balaban J connectivity index is 3.05. The van der Waals surface area contributed by atoms with E-state index < -0.39 is 42.4 Å². The average Bonchev–Trinajstić information content (AvgIpc) is 2.36. The second kappa shape index (κ2) is 6.33. The third kappa shape index (κ3) is 4.42. The van der Waals surface area contributed by atoms with E-state index in [4.69, 9.17) is 16.7 Å². The van der Waals surface area contributed by atoms with Gasteiger partial charge in [0.25, 0.3) is 0 Å². The quantitative estimate of drug-likeness (QED) is 0.832. The molecule has 1 rings (SSSR count). The van der Waals surface area contributed by atoms with Crippen molar-refractivity contribution in [1.29, 1.82) is 0 Å². The van der Waals surface area contributed by atoms with Gasteiger partial charge in [-0.15, -0.1) is 0 Å². The van der Waals surface area contributed by atoms with Crippen LogP contribution in [0.3, 0.4) is 0 Å². The number of carbonyl (C=O) groups is 1. The summed E-state index contributed by atoms with van der Waals surface area (Å²) in [6.07, 6.45) is 0. The third-order valence-corrected chi connectivity index (χ3v) is 7.38. The Labute approximate surface area is 128 Å². The van der Waals surface area contributed by atoms with Crippen LogP contribution in [-0.2, 0) is 19.7 Å². The van der Waals surface area contributed by atoms with Gasteiger partial charge >= 0.3 is 5.97 Å². The van der Waals surface area contributed by atoms with Gasteiger partial charge in [-0.2, -0.15) is 0 Å². The molecule has 0 aliphatic rings. The maximum absolute atomic E-state index is 12.1. The summed E-state index contributed by atoms with van der Waals surface area (Å²) >= 11 is 5.71. The summed E-state index contributed by atoms with van der Waals surface area (Å²) in [7, 11) is -7.33. The molecule has 0 radical (unpaired) electrons. The molecule has 0 aliphatic heterocycles. The van der Waals surface area contributed by atoms with Crippen LogP contribution in [0.1, 0.15) is 24.2 Å². The monoisotopic (exact) mass is 354 g/mol. The topological polar surface area (TPSA) is 106 Å². The van der Waals surface area contributed by atoms with Crippen molar-refractivity contribution >= 4 is 37.2 Å². The number of benzene rings is 1. The van der Waals surface area contributed by atoms with Gasteiger partial charge < -0.3 is 5.11 Å². The molecule has 0 spiro atoms. The fourth-order valence-electron chi connectivity index (χ4n) is 1.44. The largest absolute Gasteiger partial charge is 0.478 e. The van der Waals surface area contributed by atoms with E-state index in [0.717, 1.165) is 18.2 Å². The molecule has 0 atom stereocenters. The fourth-order valence-corrected chi connectivity index (χ4v) is 4.86. The highest BCUT2D eigenvalue weighted by molar-refractivity contribution is 7.95. The summed E-state index contributed by atoms with van der Waals surface area (Å²) in [6, 6.07) is 3.20. The van der Waals surface area contributed by atoms with Crippen LogP contribution in [0.15, 0.2) is 23.1 Å². The maximum atomic E-state index is 12.1. The number of sulfone groups is 2. The van der Waals surface area contributed by atoms with Gasteiger partial charge in [-0.05, 0) is 32.0 Å². The van der Waals surface area contributed by atoms with E-state index >= 15 is 0 Å². The van der Waals surface area contributed by atoms with Crippen molar-refractivity contribution in [1.82, 2.24) is 0 Å². The van der Waals surface area contributed by atoms with Crippen LogP contribution in [0.5, 0.6) is 0 Å². The first-order valence-electron chi connectivity index (χ1n) is 5.94. The van der Waals surface area contributed by atoms with E-state index in [-0.39, 0.29) is 15.5 Å². The molecular weight excluding hydrogens is 340 g/mol. The minimum Gasteiger partial charge on any atom is -0.478 e. The number of halogens is 1. The SMILES string of the molecule is CC(C)S(=O)(=O)CCS(=O)(=O)c1ccc(C(=O)O)c(Cl)c1. The highest BCUT2D eigenvalue weighted by Crippen LogP contribution is 2.22. The lowest BCUT2D eigenvalue weighted by atomic mass is 10.2. The predicted octanol–water partition coefficient (Wildman–Crippen LogP) is 1.64. The minimum atomic E-state index is -3.85. The van der Waals surface area contributed by atoms with E-state index in [1.165, 1.54) is 13.8 Å². The van der Waals surface area contributed by atoms with E-state index in [1.54, 1.807) is 0 Å². The van der Waals surface area contributed by atoms with Crippen molar-refractivity contribution in [2.45, 2.75) is 24.0 Å². The van der Waals surface area contributed by atoms with Crippen molar-refractivity contribution in [3.8, 4) is 0 Å². The summed E-state index contributed by atoms with van der Waals surface area (Å²) in [5.74, 6) is -2.34. The van der Waals surface area contributed by atoms with Crippen LogP contribution in [0, 0.1) is 0 Å². The Morgan fingerprint density at radius 3 is 2.19 bits per heavy atom. The molecule has 0 fully saturated rings. The Hall–Kier alpha value is -1.12. The van der Waals surface area contributed by atoms with Crippen molar-refractivity contribution < 1.29 is 26.7 Å². The number of rotatable bonds is 6. The molecule has 0 heterocycles. The van der Waals surface area contributed by atoms with Gasteiger partial charge in [-0.3, -0.25) is 0 Å². The van der Waals surface area contributed by atoms with Crippen LogP contribution in [0.4, 0.5) is 0 Å². The van der Waals surface area contributed by atoms with Crippen molar-refractivity contribution in [3.63, 3.8) is 0 Å². The molecule has 1 aromatic carbocycles. The lowest BCUT2D eigenvalue weighted by Crippen LogP contribution is -2.23. The Kier molecular flexibility index (Phi) is 5.40. The van der Waals surface area contributed by atoms with Gasteiger partial charge in [0.15, 0.2) is 19.7 Å². The number of hydrogen-bond donors (Lipinski definition) is 1. The van der Waals surface area contributed by atoms with Crippen LogP contribution >= 0.6 is 11.6 Å². The molecule has 0 amide bonds. The second-order valence-corrected chi connectivity index (χ2v) is 9.87. The maximum Gasteiger partial charge on any atom is 0.337 e. The predicted molar refractivity (Wildman–Crippen MR) is 79.4 cm³/mol. The summed E-state index contributed by atoms with van der Waals surface area (Å²) in [5, 5.41) is 7.94. The van der Waals surface area contributed by atoms with Gasteiger partial charge in [0.1, 0.15) is 0 Å². The lowest BCUT2D eigenvalue weighted by molar-refractivity contribution is 0.0697. The molecule has 0 saturated carbocycles. The minimum absolute atomic E-state index is 0.198. The summed E-state index contributed by atoms with van der Waals surface area (Å²) < 4.78 is 47.4. The van der Waals surface area contributed by atoms with Crippen LogP contribution in [-0.4, -0.2) is 44.7 Å². The van der Waals surface area contributed by atoms with Crippen LogP contribution < -0.4 is 0 Å². The first-order chi connectivity index (χ1) is 9.47. The third-order valence-electron chi connectivity index (χ3n) is 2.88. The Morgan fingerprint density at radius 2 is 1.76 bits per heavy atom. The fraction of sp³-hybridized carbons (Fsp3) is 0.417. The molecule has 9 heteroatoms. The van der Waals surface area contributed by atoms with Crippen LogP contribution in [0.25, 0.3) is 0 Å². The van der Waals surface area contributed by atoms with Crippen molar-refractivity contribution in [2.24, 2.45) is 0 Å². The summed E-state index contributed by atoms with van der Waals surface area (Å²) in [6.45, 7) is 2.95. The molecule has 0 aromatic heterocycles. The standard InChI is InChI=1S/C12H15ClO6S2/c1-8(2)20(16,17)5-6-21(18,19)9-3-4-10(12(14)15)11(13)7-9/h3-4,7-8H,5-6H2,1-2H3,(H,14,15). The normalized spacial score (nSPS) is 12.6. The van der Waals surface area contributed by atoms with Gasteiger partial charge in [0.2, 0.25) is 0 Å². The average molecular weight is 355 g/mol. The molecule has 1 N–H and O–H groups in total. The van der Waals surface area contributed by atoms with Gasteiger partial charge in [0.05, 0.1) is 32.2 Å². The van der Waals surface area contributed by atoms with Gasteiger partial charge in [-0.1, -0.05) is 11.6 Å². The summed E-state index contributed by atoms with van der Waals surface area (Å²) in [4.78, 5) is 10.6. The number of hydrogen-bond acceptors (Lipinski definition) is 5. The molecule has 0 saturated heterocycles. The molecule has 6 nitrogen and oxygen atoms in total. The molecular formula is C12H15ClO6S2. The molecule has 21 heavy (non-hydrogen) atoms. The smallest absolute Gasteiger partial charge is 0.337 e. The molecule has 118 valence electrons. The zero-order valence-electron chi connectivity index (χ0n) is 11.4. The zero-order chi connectivity index (χ0) is 16.4. The van der Waals surface area contributed by atoms with Gasteiger partial charge in [0, 0.05) is 0 Å². The van der Waals surface area contributed by atoms with Gasteiger partial charge in [-0.25, -0.2) is 21.6 Å². The summed E-state index contributed by atoms with van der Waals surface area (Å²) in [5.41, 5.74) is -0.217. The van der Waals surface area contributed by atoms with Crippen molar-refractivity contribution in [3.05, 3.63) is 28.8 Å². The van der Waals surface area contributed by atoms with E-state index in [1.807, 2.05) is 0 Å². The van der Waals surface area contributed by atoms with E-state index in [9.17, 15) is 21.6 Å². The van der Waals surface area contributed by atoms with Crippen molar-refractivity contribution in [2.75, 3.05) is 11.5 Å². The highest BCUT2D eigenvalue weighted by Gasteiger charge is 2.23. The van der Waals surface area contributed by atoms with E-state index in [2.05, 4.69) is 0 Å². The first kappa shape index (κ1) is 17.9. The molecule has 0 aliphatic carbocycles. The van der Waals surface area contributed by atoms with E-state index in [0.29, 0.717) is 0 Å². The van der Waals surface area contributed by atoms with Crippen LogP contribution in [0.2, 0.25) is 5.02 Å². The second-order valence-electron chi connectivity index (χ2n) is 4.68. The number of carboxylic acid groups (broad SMARTS) is 1. The molecule has 0 bridgehead atoms. The molecule has 1 aromatic rings. The number of aromatic carboxylic acids is 1. The Morgan fingerprint density at radius 1 is 1.19 bits per heavy atom. The first-order valence-corrected chi connectivity index (χ1v) is 9.69.